The predicted octanol–water partition coefficient (Wildman–Crippen LogP) is 0.950. The van der Waals surface area contributed by atoms with Crippen molar-refractivity contribution in [2.45, 2.75) is 32.3 Å². The van der Waals surface area contributed by atoms with E-state index in [0.29, 0.717) is 0 Å². The summed E-state index contributed by atoms with van der Waals surface area (Å²) < 4.78 is 27.3. The van der Waals surface area contributed by atoms with Crippen LogP contribution in [0.1, 0.15) is 26.3 Å². The second kappa shape index (κ2) is 3.94. The van der Waals surface area contributed by atoms with Crippen LogP contribution < -0.4 is 4.74 Å². The fraction of sp³-hybridized carbons (Fsp3) is 0.636. The SMILES string of the molecule is CC(C)(C)c1cnc(OC2CS(=O)(=O)C2)nc1. The Morgan fingerprint density at radius 3 is 2.18 bits per heavy atom. The molecule has 0 bridgehead atoms. The molecule has 94 valence electrons. The van der Waals surface area contributed by atoms with Crippen LogP contribution in [-0.2, 0) is 15.3 Å². The molecule has 0 atom stereocenters. The number of hydrogen-bond donors (Lipinski definition) is 0. The quantitative estimate of drug-likeness (QED) is 0.788. The Labute approximate surface area is 101 Å². The maximum Gasteiger partial charge on any atom is 0.316 e. The molecule has 2 rings (SSSR count). The summed E-state index contributed by atoms with van der Waals surface area (Å²) in [6.45, 7) is 6.22. The zero-order chi connectivity index (χ0) is 12.7. The van der Waals surface area contributed by atoms with Crippen LogP contribution in [0.25, 0.3) is 0 Å². The smallest absolute Gasteiger partial charge is 0.316 e. The lowest BCUT2D eigenvalue weighted by molar-refractivity contribution is 0.211. The Morgan fingerprint density at radius 1 is 1.24 bits per heavy atom. The van der Waals surface area contributed by atoms with Crippen LogP contribution in [0.4, 0.5) is 0 Å². The molecule has 2 heterocycles. The van der Waals surface area contributed by atoms with Gasteiger partial charge in [-0.05, 0) is 11.0 Å². The third-order valence-electron chi connectivity index (χ3n) is 2.65. The number of sulfone groups is 1. The topological polar surface area (TPSA) is 69.2 Å². The van der Waals surface area contributed by atoms with Crippen molar-refractivity contribution in [2.24, 2.45) is 0 Å². The van der Waals surface area contributed by atoms with E-state index in [9.17, 15) is 8.42 Å². The highest BCUT2D eigenvalue weighted by Gasteiger charge is 2.35. The van der Waals surface area contributed by atoms with Gasteiger partial charge in [-0.15, -0.1) is 0 Å². The molecule has 1 fully saturated rings. The minimum atomic E-state index is -2.86. The molecule has 0 radical (unpaired) electrons. The van der Waals surface area contributed by atoms with E-state index < -0.39 is 9.84 Å². The van der Waals surface area contributed by atoms with Crippen LogP contribution >= 0.6 is 0 Å². The molecule has 0 N–H and O–H groups in total. The Hall–Kier alpha value is -1.17. The van der Waals surface area contributed by atoms with Gasteiger partial charge in [0.1, 0.15) is 6.10 Å². The first kappa shape index (κ1) is 12.3. The van der Waals surface area contributed by atoms with Gasteiger partial charge in [0.25, 0.3) is 0 Å². The van der Waals surface area contributed by atoms with Gasteiger partial charge in [-0.1, -0.05) is 20.8 Å². The number of aromatic nitrogens is 2. The normalized spacial score (nSPS) is 19.7. The fourth-order valence-corrected chi connectivity index (χ4v) is 2.67. The summed E-state index contributed by atoms with van der Waals surface area (Å²) in [6, 6.07) is 0.248. The molecule has 0 amide bonds. The van der Waals surface area contributed by atoms with Crippen LogP contribution in [0, 0.1) is 0 Å². The van der Waals surface area contributed by atoms with Gasteiger partial charge in [-0.2, -0.15) is 0 Å². The number of nitrogens with zero attached hydrogens (tertiary/aromatic N) is 2. The molecule has 0 aliphatic carbocycles. The van der Waals surface area contributed by atoms with Gasteiger partial charge in [-0.3, -0.25) is 0 Å². The van der Waals surface area contributed by atoms with Crippen molar-refractivity contribution in [1.82, 2.24) is 9.97 Å². The lowest BCUT2D eigenvalue weighted by Crippen LogP contribution is -2.45. The van der Waals surface area contributed by atoms with Gasteiger partial charge in [0.15, 0.2) is 9.84 Å². The standard InChI is InChI=1S/C11H16N2O3S/c1-11(2,3)8-4-12-10(13-5-8)16-9-6-17(14,15)7-9/h4-5,9H,6-7H2,1-3H3. The molecule has 1 aromatic heterocycles. The fourth-order valence-electron chi connectivity index (χ4n) is 1.50. The van der Waals surface area contributed by atoms with Crippen LogP contribution in [0.5, 0.6) is 6.01 Å². The third kappa shape index (κ3) is 2.94. The zero-order valence-electron chi connectivity index (χ0n) is 10.2. The van der Waals surface area contributed by atoms with Crippen LogP contribution in [0.2, 0.25) is 0 Å². The van der Waals surface area contributed by atoms with Crippen molar-refractivity contribution in [2.75, 3.05) is 11.5 Å². The van der Waals surface area contributed by atoms with Crippen LogP contribution in [0.15, 0.2) is 12.4 Å². The molecule has 1 aliphatic heterocycles. The van der Waals surface area contributed by atoms with Gasteiger partial charge in [0.2, 0.25) is 0 Å². The van der Waals surface area contributed by atoms with Crippen molar-refractivity contribution >= 4 is 9.84 Å². The summed E-state index contributed by atoms with van der Waals surface area (Å²) in [5, 5.41) is 0. The van der Waals surface area contributed by atoms with Crippen molar-refractivity contribution in [3.63, 3.8) is 0 Å². The van der Waals surface area contributed by atoms with Crippen molar-refractivity contribution in [3.8, 4) is 6.01 Å². The zero-order valence-corrected chi connectivity index (χ0v) is 11.0. The molecule has 0 saturated carbocycles. The van der Waals surface area contributed by atoms with Crippen LogP contribution in [0.3, 0.4) is 0 Å². The van der Waals surface area contributed by atoms with E-state index >= 15 is 0 Å². The summed E-state index contributed by atoms with van der Waals surface area (Å²) >= 11 is 0. The van der Waals surface area contributed by atoms with Gasteiger partial charge < -0.3 is 4.74 Å². The molecular formula is C11H16N2O3S. The predicted molar refractivity (Wildman–Crippen MR) is 63.8 cm³/mol. The Morgan fingerprint density at radius 2 is 1.76 bits per heavy atom. The minimum absolute atomic E-state index is 0.00165. The molecule has 6 heteroatoms. The summed E-state index contributed by atoms with van der Waals surface area (Å²) in [7, 11) is -2.86. The first-order chi connectivity index (χ1) is 7.76. The minimum Gasteiger partial charge on any atom is -0.458 e. The lowest BCUT2D eigenvalue weighted by Gasteiger charge is -2.25. The van der Waals surface area contributed by atoms with Gasteiger partial charge in [0.05, 0.1) is 11.5 Å². The van der Waals surface area contributed by atoms with Crippen molar-refractivity contribution in [1.29, 1.82) is 0 Å². The van der Waals surface area contributed by atoms with E-state index in [0.717, 1.165) is 5.56 Å². The van der Waals surface area contributed by atoms with E-state index in [-0.39, 0.29) is 29.0 Å². The van der Waals surface area contributed by atoms with E-state index in [4.69, 9.17) is 4.74 Å². The first-order valence-electron chi connectivity index (χ1n) is 5.46. The van der Waals surface area contributed by atoms with E-state index in [1.54, 1.807) is 12.4 Å². The highest BCUT2D eigenvalue weighted by atomic mass is 32.2. The second-order valence-corrected chi connectivity index (χ2v) is 7.47. The molecule has 5 nitrogen and oxygen atoms in total. The molecule has 0 unspecified atom stereocenters. The molecule has 1 aromatic rings. The molecule has 1 aliphatic rings. The number of hydrogen-bond acceptors (Lipinski definition) is 5. The molecule has 1 saturated heterocycles. The van der Waals surface area contributed by atoms with Crippen molar-refractivity contribution in [3.05, 3.63) is 18.0 Å². The Bertz CT molecular complexity index is 491. The average Bonchev–Trinajstić information content (AvgIpc) is 2.14. The largest absolute Gasteiger partial charge is 0.458 e. The first-order valence-corrected chi connectivity index (χ1v) is 7.28. The van der Waals surface area contributed by atoms with E-state index in [2.05, 4.69) is 30.7 Å². The number of rotatable bonds is 2. The molecule has 0 spiro atoms. The average molecular weight is 256 g/mol. The van der Waals surface area contributed by atoms with Crippen molar-refractivity contribution < 1.29 is 13.2 Å². The lowest BCUT2D eigenvalue weighted by atomic mass is 9.89. The number of ether oxygens (including phenoxy) is 1. The highest BCUT2D eigenvalue weighted by molar-refractivity contribution is 7.92. The third-order valence-corrected chi connectivity index (χ3v) is 4.41. The molecular weight excluding hydrogens is 240 g/mol. The molecule has 17 heavy (non-hydrogen) atoms. The Balaban J connectivity index is 2.00. The van der Waals surface area contributed by atoms with Gasteiger partial charge in [-0.25, -0.2) is 18.4 Å². The Kier molecular flexibility index (Phi) is 2.85. The monoisotopic (exact) mass is 256 g/mol. The summed E-state index contributed by atoms with van der Waals surface area (Å²) in [5.74, 6) is 0.134. The highest BCUT2D eigenvalue weighted by Crippen LogP contribution is 2.22. The van der Waals surface area contributed by atoms with E-state index in [1.165, 1.54) is 0 Å². The maximum atomic E-state index is 11.0. The second-order valence-electron chi connectivity index (χ2n) is 5.32. The summed E-state index contributed by atoms with van der Waals surface area (Å²) in [6.07, 6.45) is 3.14. The summed E-state index contributed by atoms with van der Waals surface area (Å²) in [5.41, 5.74) is 1.02. The summed E-state index contributed by atoms with van der Waals surface area (Å²) in [4.78, 5) is 8.17. The van der Waals surface area contributed by atoms with E-state index in [1.807, 2.05) is 0 Å². The maximum absolute atomic E-state index is 11.0. The molecule has 0 aromatic carbocycles. The van der Waals surface area contributed by atoms with Gasteiger partial charge >= 0.3 is 6.01 Å². The van der Waals surface area contributed by atoms with Crippen LogP contribution in [-0.4, -0.2) is 36.0 Å². The van der Waals surface area contributed by atoms with Gasteiger partial charge in [0, 0.05) is 12.4 Å².